The Labute approximate surface area is 134 Å². The van der Waals surface area contributed by atoms with Crippen molar-refractivity contribution in [3.63, 3.8) is 0 Å². The van der Waals surface area contributed by atoms with E-state index in [-0.39, 0.29) is 29.1 Å². The maximum Gasteiger partial charge on any atom is 0.261 e. The van der Waals surface area contributed by atoms with Gasteiger partial charge in [-0.15, -0.1) is 0 Å². The molecule has 2 heterocycles. The molecule has 24 heavy (non-hydrogen) atoms. The number of hydrogen-bond donors (Lipinski definition) is 4. The van der Waals surface area contributed by atoms with Crippen LogP contribution < -0.4 is 11.3 Å². The van der Waals surface area contributed by atoms with Crippen LogP contribution in [0.2, 0.25) is 0 Å². The number of nitrogens with one attached hydrogen (secondary N) is 2. The van der Waals surface area contributed by atoms with Gasteiger partial charge < -0.3 is 20.8 Å². The minimum absolute atomic E-state index is 0.0355. The molecule has 0 aliphatic rings. The van der Waals surface area contributed by atoms with Crippen LogP contribution in [0.1, 0.15) is 5.56 Å². The molecule has 0 spiro atoms. The molecule has 0 unspecified atom stereocenters. The average Bonchev–Trinajstić information content (AvgIpc) is 2.96. The third kappa shape index (κ3) is 2.06. The van der Waals surface area contributed by atoms with E-state index in [1.165, 1.54) is 12.1 Å². The van der Waals surface area contributed by atoms with Gasteiger partial charge in [0.05, 0.1) is 34.2 Å². The average molecular weight is 324 g/mol. The highest BCUT2D eigenvalue weighted by Gasteiger charge is 2.17. The molecule has 0 amide bonds. The van der Waals surface area contributed by atoms with Crippen molar-refractivity contribution in [3.05, 3.63) is 58.1 Å². The summed E-state index contributed by atoms with van der Waals surface area (Å²) in [4.78, 5) is 22.4. The first-order chi connectivity index (χ1) is 11.6. The number of anilines is 1. The Morgan fingerprint density at radius 1 is 1.17 bits per heavy atom. The van der Waals surface area contributed by atoms with Gasteiger partial charge in [0, 0.05) is 0 Å². The summed E-state index contributed by atoms with van der Waals surface area (Å²) in [6.07, 6.45) is 0. The zero-order chi connectivity index (χ0) is 16.8. The summed E-state index contributed by atoms with van der Waals surface area (Å²) in [6.45, 7) is -0.103. The quantitative estimate of drug-likeness (QED) is 0.453. The van der Waals surface area contributed by atoms with Crippen LogP contribution in [0.4, 0.5) is 10.1 Å². The van der Waals surface area contributed by atoms with E-state index in [9.17, 15) is 14.3 Å². The van der Waals surface area contributed by atoms with Gasteiger partial charge in [-0.3, -0.25) is 4.79 Å². The number of halogens is 1. The number of hydrogen-bond acceptors (Lipinski definition) is 4. The number of nitrogen functional groups attached to an aromatic ring is 1. The smallest absolute Gasteiger partial charge is 0.261 e. The number of pyridine rings is 1. The molecule has 7 heteroatoms. The van der Waals surface area contributed by atoms with Crippen molar-refractivity contribution in [1.29, 1.82) is 0 Å². The number of H-pyrrole nitrogens is 2. The lowest BCUT2D eigenvalue weighted by molar-refractivity contribution is 0.282. The maximum atomic E-state index is 14.1. The van der Waals surface area contributed by atoms with Crippen molar-refractivity contribution in [2.75, 3.05) is 5.73 Å². The molecular weight excluding hydrogens is 311 g/mol. The van der Waals surface area contributed by atoms with Gasteiger partial charge in [0.25, 0.3) is 5.56 Å². The fraction of sp³-hybridized carbons (Fsp3) is 0.0588. The van der Waals surface area contributed by atoms with Gasteiger partial charge in [0.1, 0.15) is 17.2 Å². The maximum absolute atomic E-state index is 14.1. The van der Waals surface area contributed by atoms with Gasteiger partial charge in [-0.1, -0.05) is 12.1 Å². The van der Waals surface area contributed by atoms with Crippen LogP contribution in [0.5, 0.6) is 0 Å². The molecule has 0 aliphatic heterocycles. The number of aliphatic hydroxyl groups excluding tert-OH is 1. The Hall–Kier alpha value is -3.19. The standard InChI is InChI=1S/C17H13FN4O2/c18-9-2-1-3-11-13(9)15(19)14(17(24)22-11)16-20-10-5-4-8(7-23)6-12(10)21-16/h1-6,23H,7H2,(H,20,21)(H3,19,22,24). The summed E-state index contributed by atoms with van der Waals surface area (Å²) in [6, 6.07) is 9.58. The van der Waals surface area contributed by atoms with Crippen molar-refractivity contribution in [2.45, 2.75) is 6.61 Å². The predicted molar refractivity (Wildman–Crippen MR) is 89.9 cm³/mol. The SMILES string of the molecule is Nc1c(-c2nc3ccc(CO)cc3[nH]2)c(=O)[nH]c2cccc(F)c12. The van der Waals surface area contributed by atoms with Crippen molar-refractivity contribution in [2.24, 2.45) is 0 Å². The van der Waals surface area contributed by atoms with E-state index >= 15 is 0 Å². The zero-order valence-corrected chi connectivity index (χ0v) is 12.4. The van der Waals surface area contributed by atoms with E-state index in [1.54, 1.807) is 24.3 Å². The number of aromatic amines is 2. The Morgan fingerprint density at radius 3 is 2.79 bits per heavy atom. The summed E-state index contributed by atoms with van der Waals surface area (Å²) in [5.41, 5.74) is 8.07. The molecule has 0 fully saturated rings. The topological polar surface area (TPSA) is 108 Å². The van der Waals surface area contributed by atoms with Gasteiger partial charge in [-0.25, -0.2) is 9.37 Å². The Bertz CT molecular complexity index is 1150. The summed E-state index contributed by atoms with van der Waals surface area (Å²) in [5, 5.41) is 9.36. The predicted octanol–water partition coefficient (Wildman–Crippen LogP) is 2.29. The number of imidazole rings is 1. The monoisotopic (exact) mass is 324 g/mol. The molecule has 0 saturated carbocycles. The van der Waals surface area contributed by atoms with Crippen LogP contribution >= 0.6 is 0 Å². The number of rotatable bonds is 2. The molecule has 0 radical (unpaired) electrons. The normalized spacial score (nSPS) is 11.4. The minimum atomic E-state index is -0.513. The van der Waals surface area contributed by atoms with E-state index in [4.69, 9.17) is 5.73 Å². The van der Waals surface area contributed by atoms with E-state index in [0.29, 0.717) is 22.1 Å². The first-order valence-electron chi connectivity index (χ1n) is 7.28. The second kappa shape index (κ2) is 5.17. The molecule has 4 aromatic rings. The van der Waals surface area contributed by atoms with Gasteiger partial charge >= 0.3 is 0 Å². The van der Waals surface area contributed by atoms with Gasteiger partial charge in [-0.2, -0.15) is 0 Å². The number of nitrogens with two attached hydrogens (primary N) is 1. The number of nitrogens with zero attached hydrogens (tertiary/aromatic N) is 1. The highest BCUT2D eigenvalue weighted by Crippen LogP contribution is 2.29. The van der Waals surface area contributed by atoms with Crippen LogP contribution in [-0.4, -0.2) is 20.1 Å². The first-order valence-corrected chi connectivity index (χ1v) is 7.28. The van der Waals surface area contributed by atoms with E-state index in [2.05, 4.69) is 15.0 Å². The molecule has 120 valence electrons. The largest absolute Gasteiger partial charge is 0.397 e. The van der Waals surface area contributed by atoms with E-state index in [1.807, 2.05) is 0 Å². The van der Waals surface area contributed by atoms with Crippen molar-refractivity contribution in [1.82, 2.24) is 15.0 Å². The molecule has 0 saturated heterocycles. The first kappa shape index (κ1) is 14.4. The highest BCUT2D eigenvalue weighted by atomic mass is 19.1. The van der Waals surface area contributed by atoms with Gasteiger partial charge in [0.15, 0.2) is 0 Å². The van der Waals surface area contributed by atoms with Crippen LogP contribution in [0.3, 0.4) is 0 Å². The summed E-state index contributed by atoms with van der Waals surface area (Å²) in [7, 11) is 0. The second-order valence-electron chi connectivity index (χ2n) is 5.50. The Balaban J connectivity index is 2.02. The Morgan fingerprint density at radius 2 is 2.00 bits per heavy atom. The fourth-order valence-electron chi connectivity index (χ4n) is 2.84. The number of aliphatic hydroxyl groups is 1. The van der Waals surface area contributed by atoms with Crippen LogP contribution in [0.25, 0.3) is 33.3 Å². The van der Waals surface area contributed by atoms with Gasteiger partial charge in [-0.05, 0) is 29.8 Å². The van der Waals surface area contributed by atoms with Gasteiger partial charge in [0.2, 0.25) is 0 Å². The molecule has 0 bridgehead atoms. The Kier molecular flexibility index (Phi) is 3.10. The highest BCUT2D eigenvalue weighted by molar-refractivity contribution is 5.98. The van der Waals surface area contributed by atoms with Crippen molar-refractivity contribution in [3.8, 4) is 11.4 Å². The second-order valence-corrected chi connectivity index (χ2v) is 5.50. The lowest BCUT2D eigenvalue weighted by atomic mass is 10.1. The molecule has 2 aromatic heterocycles. The molecule has 2 aromatic carbocycles. The molecule has 0 aliphatic carbocycles. The fourth-order valence-corrected chi connectivity index (χ4v) is 2.84. The van der Waals surface area contributed by atoms with E-state index in [0.717, 1.165) is 0 Å². The van der Waals surface area contributed by atoms with Crippen molar-refractivity contribution < 1.29 is 9.50 Å². The lowest BCUT2D eigenvalue weighted by Gasteiger charge is -2.07. The lowest BCUT2D eigenvalue weighted by Crippen LogP contribution is -2.13. The number of aromatic nitrogens is 3. The molecule has 6 nitrogen and oxygen atoms in total. The summed E-state index contributed by atoms with van der Waals surface area (Å²) in [5.74, 6) is -0.259. The van der Waals surface area contributed by atoms with E-state index < -0.39 is 11.4 Å². The summed E-state index contributed by atoms with van der Waals surface area (Å²) < 4.78 is 14.1. The minimum Gasteiger partial charge on any atom is -0.397 e. The van der Waals surface area contributed by atoms with Crippen molar-refractivity contribution >= 4 is 27.6 Å². The zero-order valence-electron chi connectivity index (χ0n) is 12.4. The molecule has 5 N–H and O–H groups in total. The third-order valence-electron chi connectivity index (χ3n) is 3.99. The van der Waals surface area contributed by atoms with Crippen LogP contribution in [-0.2, 0) is 6.61 Å². The third-order valence-corrected chi connectivity index (χ3v) is 3.99. The number of fused-ring (bicyclic) bond motifs is 2. The molecule has 4 rings (SSSR count). The number of benzene rings is 2. The molecular formula is C17H13FN4O2. The van der Waals surface area contributed by atoms with Crippen LogP contribution in [0, 0.1) is 5.82 Å². The summed E-state index contributed by atoms with van der Waals surface area (Å²) >= 11 is 0. The van der Waals surface area contributed by atoms with Crippen LogP contribution in [0.15, 0.2) is 41.2 Å². The molecule has 0 atom stereocenters.